The second-order valence-corrected chi connectivity index (χ2v) is 5.62. The van der Waals surface area contributed by atoms with Crippen LogP contribution >= 0.6 is 11.8 Å². The highest BCUT2D eigenvalue weighted by Gasteiger charge is 2.19. The Hall–Kier alpha value is -1.50. The molecule has 7 heteroatoms. The van der Waals surface area contributed by atoms with E-state index in [9.17, 15) is 9.59 Å². The van der Waals surface area contributed by atoms with Crippen LogP contribution in [0.25, 0.3) is 0 Å². The first kappa shape index (κ1) is 16.6. The van der Waals surface area contributed by atoms with E-state index in [4.69, 9.17) is 0 Å². The molecule has 0 spiro atoms. The number of aryl methyl sites for hydroxylation is 1. The lowest BCUT2D eigenvalue weighted by Gasteiger charge is -2.17. The standard InChI is InChI=1S/C13H22N4O2S/c1-9-11(8-15-17(9)3)7-14-13(19)12(5-6-20-4)16-10(2)18/h8,12H,5-7H2,1-4H3,(H,14,19)(H,16,18)/t12-/m0/s1. The van der Waals surface area contributed by atoms with Gasteiger partial charge >= 0.3 is 0 Å². The number of aromatic nitrogens is 2. The molecular weight excluding hydrogens is 276 g/mol. The fraction of sp³-hybridized carbons (Fsp3) is 0.615. The minimum Gasteiger partial charge on any atom is -0.350 e. The summed E-state index contributed by atoms with van der Waals surface area (Å²) in [6.45, 7) is 3.80. The zero-order valence-electron chi connectivity index (χ0n) is 12.4. The van der Waals surface area contributed by atoms with E-state index < -0.39 is 6.04 Å². The zero-order chi connectivity index (χ0) is 15.1. The minimum atomic E-state index is -0.475. The van der Waals surface area contributed by atoms with E-state index in [1.54, 1.807) is 22.6 Å². The van der Waals surface area contributed by atoms with Gasteiger partial charge < -0.3 is 10.6 Å². The van der Waals surface area contributed by atoms with Crippen LogP contribution in [0.15, 0.2) is 6.20 Å². The first-order chi connectivity index (χ1) is 9.45. The maximum atomic E-state index is 12.1. The van der Waals surface area contributed by atoms with Gasteiger partial charge in [0, 0.05) is 31.8 Å². The average Bonchev–Trinajstić information content (AvgIpc) is 2.71. The summed E-state index contributed by atoms with van der Waals surface area (Å²) in [6.07, 6.45) is 4.34. The fourth-order valence-electron chi connectivity index (χ4n) is 1.77. The van der Waals surface area contributed by atoms with Crippen LogP contribution in [0.5, 0.6) is 0 Å². The molecule has 1 aromatic rings. The van der Waals surface area contributed by atoms with E-state index in [0.29, 0.717) is 13.0 Å². The Bertz CT molecular complexity index is 473. The molecular formula is C13H22N4O2S. The third-order valence-corrected chi connectivity index (χ3v) is 3.74. The van der Waals surface area contributed by atoms with Crippen molar-refractivity contribution in [3.8, 4) is 0 Å². The molecule has 0 aromatic carbocycles. The third kappa shape index (κ3) is 4.88. The molecule has 2 N–H and O–H groups in total. The first-order valence-corrected chi connectivity index (χ1v) is 7.86. The minimum absolute atomic E-state index is 0.155. The number of rotatable bonds is 7. The molecule has 6 nitrogen and oxygen atoms in total. The highest BCUT2D eigenvalue weighted by Crippen LogP contribution is 2.06. The molecule has 1 heterocycles. The Kier molecular flexibility index (Phi) is 6.57. The Morgan fingerprint density at radius 1 is 1.50 bits per heavy atom. The summed E-state index contributed by atoms with van der Waals surface area (Å²) >= 11 is 1.65. The number of carbonyl (C=O) groups is 2. The van der Waals surface area contributed by atoms with Crippen molar-refractivity contribution >= 4 is 23.6 Å². The van der Waals surface area contributed by atoms with Crippen LogP contribution in [0.2, 0.25) is 0 Å². The highest BCUT2D eigenvalue weighted by molar-refractivity contribution is 7.98. The van der Waals surface area contributed by atoms with Crippen LogP contribution in [0, 0.1) is 6.92 Å². The van der Waals surface area contributed by atoms with E-state index in [1.807, 2.05) is 20.2 Å². The SMILES string of the molecule is CSCC[C@H](NC(C)=O)C(=O)NCc1cnn(C)c1C. The molecule has 0 unspecified atom stereocenters. The van der Waals surface area contributed by atoms with E-state index >= 15 is 0 Å². The predicted molar refractivity (Wildman–Crippen MR) is 80.4 cm³/mol. The predicted octanol–water partition coefficient (Wildman–Crippen LogP) is 0.603. The van der Waals surface area contributed by atoms with Crippen molar-refractivity contribution in [2.24, 2.45) is 7.05 Å². The van der Waals surface area contributed by atoms with Gasteiger partial charge in [-0.3, -0.25) is 14.3 Å². The fourth-order valence-corrected chi connectivity index (χ4v) is 2.24. The van der Waals surface area contributed by atoms with Gasteiger partial charge in [0.1, 0.15) is 6.04 Å². The van der Waals surface area contributed by atoms with Crippen molar-refractivity contribution in [2.75, 3.05) is 12.0 Å². The summed E-state index contributed by atoms with van der Waals surface area (Å²) < 4.78 is 1.76. The Morgan fingerprint density at radius 2 is 2.20 bits per heavy atom. The van der Waals surface area contributed by atoms with Crippen LogP contribution in [0.1, 0.15) is 24.6 Å². The van der Waals surface area contributed by atoms with E-state index in [1.165, 1.54) is 6.92 Å². The van der Waals surface area contributed by atoms with E-state index in [-0.39, 0.29) is 11.8 Å². The largest absolute Gasteiger partial charge is 0.350 e. The lowest BCUT2D eigenvalue weighted by atomic mass is 10.2. The molecule has 1 atom stereocenters. The van der Waals surface area contributed by atoms with E-state index in [2.05, 4.69) is 15.7 Å². The van der Waals surface area contributed by atoms with Gasteiger partial charge in [-0.15, -0.1) is 0 Å². The van der Waals surface area contributed by atoms with Gasteiger partial charge in [0.2, 0.25) is 11.8 Å². The number of hydrogen-bond donors (Lipinski definition) is 2. The number of hydrogen-bond acceptors (Lipinski definition) is 4. The molecule has 20 heavy (non-hydrogen) atoms. The van der Waals surface area contributed by atoms with E-state index in [0.717, 1.165) is 17.0 Å². The number of carbonyl (C=O) groups excluding carboxylic acids is 2. The second-order valence-electron chi connectivity index (χ2n) is 4.63. The van der Waals surface area contributed by atoms with Crippen LogP contribution < -0.4 is 10.6 Å². The monoisotopic (exact) mass is 298 g/mol. The summed E-state index contributed by atoms with van der Waals surface area (Å²) in [4.78, 5) is 23.3. The Labute approximate surface area is 123 Å². The highest BCUT2D eigenvalue weighted by atomic mass is 32.2. The average molecular weight is 298 g/mol. The molecule has 0 bridgehead atoms. The number of nitrogens with zero attached hydrogens (tertiary/aromatic N) is 2. The molecule has 0 radical (unpaired) electrons. The van der Waals surface area contributed by atoms with Gasteiger partial charge in [0.15, 0.2) is 0 Å². The molecule has 1 aromatic heterocycles. The normalized spacial score (nSPS) is 12.0. The summed E-state index contributed by atoms with van der Waals surface area (Å²) in [5, 5.41) is 9.67. The quantitative estimate of drug-likeness (QED) is 0.773. The molecule has 1 rings (SSSR count). The third-order valence-electron chi connectivity index (χ3n) is 3.09. The molecule has 2 amide bonds. The first-order valence-electron chi connectivity index (χ1n) is 6.47. The lowest BCUT2D eigenvalue weighted by molar-refractivity contribution is -0.128. The van der Waals surface area contributed by atoms with Crippen molar-refractivity contribution in [3.63, 3.8) is 0 Å². The second kappa shape index (κ2) is 7.94. The zero-order valence-corrected chi connectivity index (χ0v) is 13.2. The van der Waals surface area contributed by atoms with Gasteiger partial charge in [-0.05, 0) is 25.4 Å². The summed E-state index contributed by atoms with van der Waals surface area (Å²) in [7, 11) is 1.86. The molecule has 0 aliphatic rings. The maximum Gasteiger partial charge on any atom is 0.242 e. The topological polar surface area (TPSA) is 76.0 Å². The maximum absolute atomic E-state index is 12.1. The van der Waals surface area contributed by atoms with Gasteiger partial charge in [-0.2, -0.15) is 16.9 Å². The molecule has 0 saturated heterocycles. The molecule has 0 fully saturated rings. The van der Waals surface area contributed by atoms with Crippen molar-refractivity contribution in [1.82, 2.24) is 20.4 Å². The van der Waals surface area contributed by atoms with Gasteiger partial charge in [-0.1, -0.05) is 0 Å². The van der Waals surface area contributed by atoms with Crippen LogP contribution in [0.3, 0.4) is 0 Å². The number of thioether (sulfide) groups is 1. The van der Waals surface area contributed by atoms with Crippen molar-refractivity contribution < 1.29 is 9.59 Å². The Balaban J connectivity index is 2.56. The van der Waals surface area contributed by atoms with Gasteiger partial charge in [0.05, 0.1) is 6.20 Å². The number of amides is 2. The van der Waals surface area contributed by atoms with Crippen LogP contribution in [-0.2, 0) is 23.2 Å². The molecule has 112 valence electrons. The molecule has 0 aliphatic heterocycles. The summed E-state index contributed by atoms with van der Waals surface area (Å²) in [5.74, 6) is 0.478. The number of nitrogens with one attached hydrogen (secondary N) is 2. The molecule has 0 aliphatic carbocycles. The van der Waals surface area contributed by atoms with Crippen molar-refractivity contribution in [1.29, 1.82) is 0 Å². The Morgan fingerprint density at radius 3 is 2.70 bits per heavy atom. The molecule has 0 saturated carbocycles. The van der Waals surface area contributed by atoms with Gasteiger partial charge in [0.25, 0.3) is 0 Å². The summed E-state index contributed by atoms with van der Waals surface area (Å²) in [6, 6.07) is -0.475. The van der Waals surface area contributed by atoms with Crippen LogP contribution in [0.4, 0.5) is 0 Å². The van der Waals surface area contributed by atoms with Crippen molar-refractivity contribution in [3.05, 3.63) is 17.5 Å². The smallest absolute Gasteiger partial charge is 0.242 e. The lowest BCUT2D eigenvalue weighted by Crippen LogP contribution is -2.46. The van der Waals surface area contributed by atoms with Crippen molar-refractivity contribution in [2.45, 2.75) is 32.9 Å². The summed E-state index contributed by atoms with van der Waals surface area (Å²) in [5.41, 5.74) is 2.00. The van der Waals surface area contributed by atoms with Crippen LogP contribution in [-0.4, -0.2) is 39.6 Å². The van der Waals surface area contributed by atoms with Gasteiger partial charge in [-0.25, -0.2) is 0 Å².